The molecular formula is C45H65N2O6PRu-2. The molecule has 2 aliphatic heterocycles. The van der Waals surface area contributed by atoms with Crippen LogP contribution in [0.3, 0.4) is 0 Å². The average molecular weight is 862 g/mol. The number of nitrogens with one attached hydrogen (secondary N) is 1. The van der Waals surface area contributed by atoms with Gasteiger partial charge in [-0.05, 0) is 81.6 Å². The van der Waals surface area contributed by atoms with Crippen LogP contribution >= 0.6 is 7.92 Å². The number of hydrogen-bond acceptors (Lipinski definition) is 6. The molecule has 2 atom stereocenters. The zero-order valence-electron chi connectivity index (χ0n) is 32.9. The van der Waals surface area contributed by atoms with Crippen molar-refractivity contribution in [1.82, 2.24) is 4.90 Å². The second kappa shape index (κ2) is 33.0. The van der Waals surface area contributed by atoms with Gasteiger partial charge in [-0.1, -0.05) is 72.8 Å². The van der Waals surface area contributed by atoms with Gasteiger partial charge in [0.05, 0.1) is 38.4 Å². The molecule has 4 aromatic carbocycles. The number of hydrogen-bond donors (Lipinski definition) is 1. The van der Waals surface area contributed by atoms with E-state index in [1.54, 1.807) is 11.8 Å². The molecule has 306 valence electrons. The number of aliphatic hydroxyl groups excluding tert-OH is 1. The second-order valence-electron chi connectivity index (χ2n) is 12.5. The fraction of sp³-hybridized carbons (Fsp3) is 0.400. The van der Waals surface area contributed by atoms with Gasteiger partial charge in [0.2, 0.25) is 0 Å². The number of rotatable bonds is 11. The number of nitrogens with zero attached hydrogens (tertiary/aromatic N) is 1. The Morgan fingerprint density at radius 3 is 1.49 bits per heavy atom. The van der Waals surface area contributed by atoms with Gasteiger partial charge in [0.25, 0.3) is 5.91 Å². The molecule has 55 heavy (non-hydrogen) atoms. The Balaban J connectivity index is 0.000000369. The first-order chi connectivity index (χ1) is 26.4. The van der Waals surface area contributed by atoms with Gasteiger partial charge in [0.1, 0.15) is 17.6 Å². The van der Waals surface area contributed by atoms with Crippen LogP contribution in [0.25, 0.3) is 5.73 Å². The van der Waals surface area contributed by atoms with Crippen LogP contribution in [0.2, 0.25) is 0 Å². The fourth-order valence-corrected chi connectivity index (χ4v) is 7.61. The van der Waals surface area contributed by atoms with E-state index in [1.807, 2.05) is 67.6 Å². The Kier molecular flexibility index (Phi) is 29.9. The summed E-state index contributed by atoms with van der Waals surface area (Å²) in [5.74, 6) is 1.55. The first-order valence-electron chi connectivity index (χ1n) is 19.1. The third-order valence-corrected chi connectivity index (χ3v) is 10.9. The van der Waals surface area contributed by atoms with Crippen molar-refractivity contribution < 1.29 is 48.3 Å². The van der Waals surface area contributed by atoms with Gasteiger partial charge in [-0.25, -0.2) is 6.42 Å². The molecule has 1 amide bonds. The molecule has 2 saturated heterocycles. The Labute approximate surface area is 345 Å². The molecule has 2 N–H and O–H groups in total. The third kappa shape index (κ3) is 22.9. The number of carbonyl (C=O) groups excluding carboxylic acids is 1. The molecule has 0 spiro atoms. The Morgan fingerprint density at radius 1 is 0.709 bits per heavy atom. The number of amides is 1. The van der Waals surface area contributed by atoms with Crippen molar-refractivity contribution in [2.75, 3.05) is 58.8 Å². The summed E-state index contributed by atoms with van der Waals surface area (Å²) in [7, 11) is -0.613. The summed E-state index contributed by atoms with van der Waals surface area (Å²) in [4.78, 5) is 13.8. The molecule has 8 nitrogen and oxygen atoms in total. The van der Waals surface area contributed by atoms with Crippen LogP contribution in [0.1, 0.15) is 46.0 Å². The molecule has 2 unspecified atom stereocenters. The standard InChI is InChI=1S/C15H16P.C13H17NO3.C9H12O2.C5H10O.C3H7N.Ru.2H/c1-2-13-16(14-9-5-3-6-10-14)15-11-7-4-8-12-15;1-11(17-12-5-3-2-4-6-12)13(15)14-7-9-16-10-8-14;1-8(7-10)11-9-5-3-2-4-6-9;1-2-4-6-5-3-1;1-2-3-4;;;/h3-12H,1-2,13H2;2-6,11H,7-10H2,1H3;2-6,8,10H,7H2,1H3;1-5H2;4H,1-3H2;;;/q-1;;;;-2;;;/p+1. The number of benzene rings is 4. The second-order valence-corrected chi connectivity index (χ2v) is 15.1. The van der Waals surface area contributed by atoms with Crippen molar-refractivity contribution in [2.45, 2.75) is 58.2 Å². The number of aliphatic hydroxyl groups is 1. The Morgan fingerprint density at radius 2 is 1.13 bits per heavy atom. The van der Waals surface area contributed by atoms with E-state index in [0.717, 1.165) is 37.6 Å². The van der Waals surface area contributed by atoms with E-state index in [9.17, 15) is 4.79 Å². The van der Waals surface area contributed by atoms with Crippen LogP contribution in [-0.4, -0.2) is 87.0 Å². The molecule has 6 rings (SSSR count). The summed E-state index contributed by atoms with van der Waals surface area (Å²) in [6, 6.07) is 40.5. The van der Waals surface area contributed by atoms with E-state index < -0.39 is 14.0 Å². The summed E-state index contributed by atoms with van der Waals surface area (Å²) < 4.78 is 21.2. The number of morpholine rings is 1. The quantitative estimate of drug-likeness (QED) is 0.0942. The van der Waals surface area contributed by atoms with Gasteiger partial charge in [-0.2, -0.15) is 6.54 Å². The van der Waals surface area contributed by atoms with Gasteiger partial charge in [0, 0.05) is 32.5 Å². The van der Waals surface area contributed by atoms with E-state index in [1.165, 1.54) is 36.0 Å². The van der Waals surface area contributed by atoms with E-state index in [4.69, 9.17) is 29.8 Å². The van der Waals surface area contributed by atoms with Crippen LogP contribution in [-0.2, 0) is 33.7 Å². The predicted molar refractivity (Wildman–Crippen MR) is 229 cm³/mol. The third-order valence-electron chi connectivity index (χ3n) is 7.99. The van der Waals surface area contributed by atoms with E-state index in [2.05, 4.69) is 74.5 Å². The van der Waals surface area contributed by atoms with Crippen LogP contribution in [0.15, 0.2) is 121 Å². The van der Waals surface area contributed by atoms with E-state index >= 15 is 0 Å². The normalized spacial score (nSPS) is 14.2. The van der Waals surface area contributed by atoms with Gasteiger partial charge >= 0.3 is 19.5 Å². The number of carbonyl (C=O) groups is 1. The molecule has 0 aliphatic carbocycles. The van der Waals surface area contributed by atoms with Crippen molar-refractivity contribution in [1.29, 1.82) is 0 Å². The van der Waals surface area contributed by atoms with Crippen LogP contribution in [0, 0.1) is 13.8 Å². The van der Waals surface area contributed by atoms with Crippen LogP contribution < -0.4 is 20.1 Å². The summed E-state index contributed by atoms with van der Waals surface area (Å²) in [6.07, 6.45) is 6.31. The molecule has 0 saturated carbocycles. The molecule has 2 heterocycles. The van der Waals surface area contributed by atoms with Crippen LogP contribution in [0.5, 0.6) is 11.5 Å². The topological polar surface area (TPSA) is 101 Å². The average Bonchev–Trinajstić information content (AvgIpc) is 3.25. The zero-order chi connectivity index (χ0) is 39.1. The first-order valence-corrected chi connectivity index (χ1v) is 20.8. The van der Waals surface area contributed by atoms with E-state index in [0.29, 0.717) is 32.8 Å². The molecule has 0 aromatic heterocycles. The summed E-state index contributed by atoms with van der Waals surface area (Å²) >= 11 is 0. The molecule has 4 aromatic rings. The van der Waals surface area contributed by atoms with Crippen molar-refractivity contribution in [2.24, 2.45) is 0 Å². The minimum absolute atomic E-state index is 0. The Bertz CT molecular complexity index is 1380. The Hall–Kier alpha value is -3.16. The SMILES string of the molecule is C1CCOCC1.CC(CO)Oc1ccccc1.CC(Oc1ccccc1)C(=O)N1CCOCC1.[CH2-]CC[NH-].[CH2-]CC[PH+](c1ccccc1)c1ccccc1.[RuH2]. The maximum atomic E-state index is 12.0. The van der Waals surface area contributed by atoms with Crippen molar-refractivity contribution in [3.05, 3.63) is 141 Å². The molecule has 10 heteroatoms. The van der Waals surface area contributed by atoms with Crippen LogP contribution in [0.4, 0.5) is 0 Å². The molecule has 0 radical (unpaired) electrons. The van der Waals surface area contributed by atoms with Crippen molar-refractivity contribution in [3.8, 4) is 11.5 Å². The summed E-state index contributed by atoms with van der Waals surface area (Å²) in [5.41, 5.74) is 6.39. The van der Waals surface area contributed by atoms with Gasteiger partial charge in [-0.3, -0.25) is 4.79 Å². The molecule has 0 bridgehead atoms. The van der Waals surface area contributed by atoms with Gasteiger partial charge in [-0.15, -0.1) is 6.42 Å². The zero-order valence-corrected chi connectivity index (χ0v) is 35.9. The van der Waals surface area contributed by atoms with E-state index in [-0.39, 0.29) is 38.1 Å². The van der Waals surface area contributed by atoms with Gasteiger partial charge < -0.3 is 48.5 Å². The molecule has 2 aliphatic rings. The maximum absolute atomic E-state index is 12.0. The first kappa shape index (κ1) is 49.9. The minimum atomic E-state index is -0.613. The van der Waals surface area contributed by atoms with Crippen molar-refractivity contribution in [3.63, 3.8) is 0 Å². The predicted octanol–water partition coefficient (Wildman–Crippen LogP) is 7.75. The molecule has 2 fully saturated rings. The number of ether oxygens (including phenoxy) is 4. The summed E-state index contributed by atoms with van der Waals surface area (Å²) in [5, 5.41) is 11.6. The van der Waals surface area contributed by atoms with Crippen molar-refractivity contribution >= 4 is 24.4 Å². The monoisotopic (exact) mass is 862 g/mol. The summed E-state index contributed by atoms with van der Waals surface area (Å²) in [6.45, 7) is 16.1. The molecular weight excluding hydrogens is 797 g/mol. The fourth-order valence-electron chi connectivity index (χ4n) is 5.16. The van der Waals surface area contributed by atoms with Gasteiger partial charge in [0.15, 0.2) is 6.10 Å². The number of para-hydroxylation sites is 2.